The van der Waals surface area contributed by atoms with Crippen molar-refractivity contribution in [3.8, 4) is 0 Å². The molecule has 0 radical (unpaired) electrons. The Labute approximate surface area is 119 Å². The molecule has 0 aromatic heterocycles. The second kappa shape index (κ2) is 5.48. The highest BCUT2D eigenvalue weighted by atomic mass is 19.1. The van der Waals surface area contributed by atoms with Crippen LogP contribution >= 0.6 is 0 Å². The molecular weight excluding hydrogens is 250 g/mol. The first-order valence-corrected chi connectivity index (χ1v) is 5.67. The molecule has 1 N–H and O–H groups in total. The van der Waals surface area contributed by atoms with Crippen molar-refractivity contribution < 1.29 is 21.8 Å². The van der Waals surface area contributed by atoms with Crippen molar-refractivity contribution in [1.82, 2.24) is 10.2 Å². The molecule has 0 fully saturated rings. The van der Waals surface area contributed by atoms with Crippen LogP contribution in [-0.4, -0.2) is 37.8 Å². The van der Waals surface area contributed by atoms with Crippen molar-refractivity contribution in [2.45, 2.75) is 6.42 Å². The van der Waals surface area contributed by atoms with Crippen LogP contribution < -0.4 is 5.32 Å². The first-order valence-electron chi connectivity index (χ1n) is 8.67. The fraction of sp³-hybridized carbons (Fsp3) is 0.357. The molecule has 0 bridgehead atoms. The molecule has 102 valence electrons. The second-order valence-electron chi connectivity index (χ2n) is 4.14. The van der Waals surface area contributed by atoms with Gasteiger partial charge in [-0.25, -0.2) is 8.78 Å². The lowest BCUT2D eigenvalue weighted by Gasteiger charge is -2.17. The maximum Gasteiger partial charge on any atom is 0.253 e. The normalized spacial score (nSPS) is 21.1. The van der Waals surface area contributed by atoms with Crippen LogP contribution in [0.25, 0.3) is 5.57 Å². The molecule has 0 spiro atoms. The Morgan fingerprint density at radius 2 is 2.05 bits per heavy atom. The molecule has 19 heavy (non-hydrogen) atoms. The number of nitrogens with one attached hydrogen (secondary N) is 1. The smallest absolute Gasteiger partial charge is 0.253 e. The lowest BCUT2D eigenvalue weighted by Crippen LogP contribution is -2.23. The number of hydrogen-bond acceptors (Lipinski definition) is 2. The van der Waals surface area contributed by atoms with Crippen molar-refractivity contribution in [2.24, 2.45) is 0 Å². The van der Waals surface area contributed by atoms with E-state index < -0.39 is 37.1 Å². The van der Waals surface area contributed by atoms with Crippen molar-refractivity contribution >= 4 is 11.5 Å². The van der Waals surface area contributed by atoms with E-state index in [4.69, 9.17) is 8.22 Å². The SMILES string of the molecule is [2H]C([2H])([2H])N(C(=O)c1cc(F)c(C2=CCNCC2)c(F)c1)C([2H])([2H])[2H]. The summed E-state index contributed by atoms with van der Waals surface area (Å²) in [5.41, 5.74) is -0.552. The minimum Gasteiger partial charge on any atom is -0.345 e. The Bertz CT molecular complexity index is 677. The van der Waals surface area contributed by atoms with Crippen molar-refractivity contribution in [1.29, 1.82) is 0 Å². The van der Waals surface area contributed by atoms with Crippen LogP contribution in [-0.2, 0) is 0 Å². The summed E-state index contributed by atoms with van der Waals surface area (Å²) in [6.45, 7) is -5.59. The molecule has 0 aliphatic carbocycles. The van der Waals surface area contributed by atoms with E-state index in [9.17, 15) is 13.6 Å². The summed E-state index contributed by atoms with van der Waals surface area (Å²) in [6.07, 6.45) is 2.00. The summed E-state index contributed by atoms with van der Waals surface area (Å²) < 4.78 is 72.0. The number of halogens is 2. The maximum absolute atomic E-state index is 14.4. The molecule has 0 unspecified atom stereocenters. The third-order valence-corrected chi connectivity index (χ3v) is 2.88. The standard InChI is InChI=1S/C14H16F2N2O/c1-18(2)14(19)10-7-11(15)13(12(16)8-10)9-3-5-17-6-4-9/h3,7-8,17H,4-6H2,1-2H3/i1D3,2D3. The zero-order chi connectivity index (χ0) is 19.0. The summed E-state index contributed by atoms with van der Waals surface area (Å²) in [5, 5.41) is 2.99. The van der Waals surface area contributed by atoms with E-state index in [0.717, 1.165) is 0 Å². The fourth-order valence-electron chi connectivity index (χ4n) is 1.98. The van der Waals surface area contributed by atoms with Gasteiger partial charge in [-0.3, -0.25) is 4.79 Å². The van der Waals surface area contributed by atoms with Gasteiger partial charge in [0.25, 0.3) is 5.91 Å². The molecule has 1 aliphatic heterocycles. The van der Waals surface area contributed by atoms with Crippen molar-refractivity contribution in [3.05, 3.63) is 41.0 Å². The van der Waals surface area contributed by atoms with Crippen LogP contribution in [0.4, 0.5) is 8.78 Å². The molecule has 0 atom stereocenters. The number of rotatable bonds is 2. The van der Waals surface area contributed by atoms with Gasteiger partial charge in [0.2, 0.25) is 0 Å². The number of hydrogen-bond donors (Lipinski definition) is 1. The first kappa shape index (κ1) is 7.75. The topological polar surface area (TPSA) is 32.3 Å². The Balaban J connectivity index is 2.47. The van der Waals surface area contributed by atoms with E-state index in [-0.39, 0.29) is 10.5 Å². The molecule has 3 nitrogen and oxygen atoms in total. The van der Waals surface area contributed by atoms with Crippen LogP contribution in [0.15, 0.2) is 18.2 Å². The minimum atomic E-state index is -3.29. The summed E-state index contributed by atoms with van der Waals surface area (Å²) in [7, 11) is 0. The fourth-order valence-corrected chi connectivity index (χ4v) is 1.98. The van der Waals surface area contributed by atoms with Gasteiger partial charge in [-0.05, 0) is 30.7 Å². The molecule has 1 aromatic rings. The zero-order valence-corrected chi connectivity index (χ0v) is 9.96. The average Bonchev–Trinajstić information content (AvgIpc) is 2.44. The highest BCUT2D eigenvalue weighted by molar-refractivity contribution is 5.94. The Morgan fingerprint density at radius 3 is 2.58 bits per heavy atom. The largest absolute Gasteiger partial charge is 0.345 e. The van der Waals surface area contributed by atoms with E-state index in [1.165, 1.54) is 0 Å². The number of benzene rings is 1. The van der Waals surface area contributed by atoms with Gasteiger partial charge in [-0.1, -0.05) is 6.08 Å². The molecule has 1 aliphatic rings. The average molecular weight is 272 g/mol. The van der Waals surface area contributed by atoms with Gasteiger partial charge in [0.1, 0.15) is 11.6 Å². The molecule has 1 amide bonds. The maximum atomic E-state index is 14.4. The van der Waals surface area contributed by atoms with Gasteiger partial charge < -0.3 is 10.2 Å². The van der Waals surface area contributed by atoms with Crippen LogP contribution in [0.2, 0.25) is 0 Å². The van der Waals surface area contributed by atoms with Crippen LogP contribution in [0.3, 0.4) is 0 Å². The molecular formula is C14H16F2N2O. The van der Waals surface area contributed by atoms with E-state index in [1.807, 2.05) is 0 Å². The molecule has 1 aromatic carbocycles. The zero-order valence-electron chi connectivity index (χ0n) is 16.0. The van der Waals surface area contributed by atoms with Gasteiger partial charge >= 0.3 is 0 Å². The summed E-state index contributed by atoms with van der Waals surface area (Å²) in [6, 6.07) is 1.32. The van der Waals surface area contributed by atoms with E-state index in [2.05, 4.69) is 5.32 Å². The predicted molar refractivity (Wildman–Crippen MR) is 69.8 cm³/mol. The van der Waals surface area contributed by atoms with E-state index >= 15 is 0 Å². The van der Waals surface area contributed by atoms with Gasteiger partial charge in [0.15, 0.2) is 0 Å². The third kappa shape index (κ3) is 2.81. The Hall–Kier alpha value is -1.75. The van der Waals surface area contributed by atoms with Crippen LogP contribution in [0.5, 0.6) is 0 Å². The molecule has 0 saturated carbocycles. The third-order valence-electron chi connectivity index (χ3n) is 2.88. The van der Waals surface area contributed by atoms with Crippen LogP contribution in [0.1, 0.15) is 30.6 Å². The van der Waals surface area contributed by atoms with Gasteiger partial charge in [0.05, 0.1) is 0 Å². The summed E-state index contributed by atoms with van der Waals surface area (Å²) in [4.78, 5) is 11.9. The van der Waals surface area contributed by atoms with E-state index in [1.54, 1.807) is 6.08 Å². The number of amides is 1. The van der Waals surface area contributed by atoms with E-state index in [0.29, 0.717) is 37.2 Å². The lowest BCUT2D eigenvalue weighted by atomic mass is 9.97. The Morgan fingerprint density at radius 1 is 1.37 bits per heavy atom. The summed E-state index contributed by atoms with van der Waals surface area (Å²) in [5.74, 6) is -3.59. The quantitative estimate of drug-likeness (QED) is 0.893. The second-order valence-corrected chi connectivity index (χ2v) is 4.14. The van der Waals surface area contributed by atoms with Crippen LogP contribution in [0, 0.1) is 11.6 Å². The van der Waals surface area contributed by atoms with Gasteiger partial charge in [0, 0.05) is 39.8 Å². The number of nitrogens with zero attached hydrogens (tertiary/aromatic N) is 1. The molecule has 5 heteroatoms. The number of carbonyl (C=O) groups is 1. The first-order chi connectivity index (χ1) is 11.4. The van der Waals surface area contributed by atoms with Crippen molar-refractivity contribution in [2.75, 3.05) is 27.0 Å². The Kier molecular flexibility index (Phi) is 2.24. The minimum absolute atomic E-state index is 0.299. The molecule has 2 rings (SSSR count). The predicted octanol–water partition coefficient (Wildman–Crippen LogP) is 2.04. The molecule has 1 heterocycles. The highest BCUT2D eigenvalue weighted by Crippen LogP contribution is 2.27. The monoisotopic (exact) mass is 272 g/mol. The lowest BCUT2D eigenvalue weighted by molar-refractivity contribution is 0.0826. The summed E-state index contributed by atoms with van der Waals surface area (Å²) >= 11 is 0. The molecule has 0 saturated heterocycles. The van der Waals surface area contributed by atoms with Gasteiger partial charge in [-0.15, -0.1) is 0 Å². The number of carbonyl (C=O) groups excluding carboxylic acids is 1. The van der Waals surface area contributed by atoms with Gasteiger partial charge in [-0.2, -0.15) is 0 Å². The van der Waals surface area contributed by atoms with Crippen molar-refractivity contribution in [3.63, 3.8) is 0 Å². The highest BCUT2D eigenvalue weighted by Gasteiger charge is 2.19.